The summed E-state index contributed by atoms with van der Waals surface area (Å²) in [5, 5.41) is 8.77. The molecule has 0 aromatic heterocycles. The van der Waals surface area contributed by atoms with Crippen LogP contribution in [0, 0.1) is 11.6 Å². The number of carboxylic acid groups (broad SMARTS) is 1. The molecule has 1 fully saturated rings. The van der Waals surface area contributed by atoms with Gasteiger partial charge >= 0.3 is 5.97 Å². The molecule has 0 unspecified atom stereocenters. The Morgan fingerprint density at radius 2 is 2.00 bits per heavy atom. The number of carbonyl (C=O) groups excluding carboxylic acids is 1. The van der Waals surface area contributed by atoms with Gasteiger partial charge in [-0.15, -0.1) is 0 Å². The molecule has 1 amide bonds. The predicted molar refractivity (Wildman–Crippen MR) is 104 cm³/mol. The highest BCUT2D eigenvalue weighted by Crippen LogP contribution is 2.33. The highest BCUT2D eigenvalue weighted by atomic mass is 32.2. The second-order valence-corrected chi connectivity index (χ2v) is 7.40. The van der Waals surface area contributed by atoms with Gasteiger partial charge in [-0.05, 0) is 41.5 Å². The molecule has 27 heavy (non-hydrogen) atoms. The fourth-order valence-electron chi connectivity index (χ4n) is 2.57. The molecule has 138 valence electrons. The third-order valence-electron chi connectivity index (χ3n) is 3.85. The van der Waals surface area contributed by atoms with E-state index < -0.39 is 17.6 Å². The van der Waals surface area contributed by atoms with Crippen LogP contribution in [-0.4, -0.2) is 32.7 Å². The van der Waals surface area contributed by atoms with Crippen LogP contribution in [0.4, 0.5) is 8.78 Å². The minimum absolute atomic E-state index is 0.00584. The summed E-state index contributed by atoms with van der Waals surface area (Å²) >= 11 is 6.22. The van der Waals surface area contributed by atoms with Gasteiger partial charge in [-0.2, -0.15) is 0 Å². The molecule has 2 aromatic rings. The van der Waals surface area contributed by atoms with E-state index in [4.69, 9.17) is 17.3 Å². The van der Waals surface area contributed by atoms with Crippen molar-refractivity contribution in [1.82, 2.24) is 4.90 Å². The maximum atomic E-state index is 14.0. The molecule has 8 heteroatoms. The molecule has 0 aliphatic carbocycles. The van der Waals surface area contributed by atoms with Gasteiger partial charge < -0.3 is 5.11 Å². The summed E-state index contributed by atoms with van der Waals surface area (Å²) < 4.78 is 27.7. The van der Waals surface area contributed by atoms with E-state index in [-0.39, 0.29) is 24.4 Å². The summed E-state index contributed by atoms with van der Waals surface area (Å²) in [5.41, 5.74) is 1.22. The number of rotatable bonds is 5. The molecular formula is C19H13F2NO3S2. The average molecular weight is 405 g/mol. The van der Waals surface area contributed by atoms with Crippen LogP contribution in [0.15, 0.2) is 47.4 Å². The van der Waals surface area contributed by atoms with Crippen molar-refractivity contribution >= 4 is 46.3 Å². The molecule has 2 aromatic carbocycles. The molecule has 1 heterocycles. The summed E-state index contributed by atoms with van der Waals surface area (Å²) in [6.45, 7) is 0.00584. The number of nitrogens with zero attached hydrogens (tertiary/aromatic N) is 1. The van der Waals surface area contributed by atoms with Gasteiger partial charge in [0.05, 0.1) is 11.3 Å². The molecule has 1 aliphatic rings. The molecule has 0 bridgehead atoms. The van der Waals surface area contributed by atoms with Crippen LogP contribution < -0.4 is 0 Å². The number of hydrogen-bond acceptors (Lipinski definition) is 4. The lowest BCUT2D eigenvalue weighted by Gasteiger charge is -2.12. The van der Waals surface area contributed by atoms with Crippen molar-refractivity contribution in [3.05, 3.63) is 64.6 Å². The largest absolute Gasteiger partial charge is 0.481 e. The molecule has 4 nitrogen and oxygen atoms in total. The first-order valence-electron chi connectivity index (χ1n) is 7.88. The van der Waals surface area contributed by atoms with Gasteiger partial charge in [0, 0.05) is 12.1 Å². The Hall–Kier alpha value is -2.58. The second-order valence-electron chi connectivity index (χ2n) is 5.73. The fraction of sp³-hybridized carbons (Fsp3) is 0.105. The van der Waals surface area contributed by atoms with E-state index in [1.807, 2.05) is 0 Å². The lowest BCUT2D eigenvalue weighted by Crippen LogP contribution is -2.30. The van der Waals surface area contributed by atoms with Crippen LogP contribution in [0.25, 0.3) is 17.2 Å². The van der Waals surface area contributed by atoms with Crippen molar-refractivity contribution < 1.29 is 23.5 Å². The minimum Gasteiger partial charge on any atom is -0.481 e. The number of thiocarbonyl (C=S) groups is 1. The van der Waals surface area contributed by atoms with E-state index in [0.717, 1.165) is 30.0 Å². The third kappa shape index (κ3) is 4.40. The fourth-order valence-corrected chi connectivity index (χ4v) is 3.87. The third-order valence-corrected chi connectivity index (χ3v) is 5.22. The Morgan fingerprint density at radius 3 is 2.74 bits per heavy atom. The summed E-state index contributed by atoms with van der Waals surface area (Å²) in [6.07, 6.45) is 1.40. The van der Waals surface area contributed by atoms with Crippen LogP contribution in [0.5, 0.6) is 0 Å². The van der Waals surface area contributed by atoms with E-state index in [2.05, 4.69) is 0 Å². The number of aliphatic carboxylic acids is 1. The first kappa shape index (κ1) is 19.2. The van der Waals surface area contributed by atoms with Crippen molar-refractivity contribution in [2.45, 2.75) is 6.42 Å². The highest BCUT2D eigenvalue weighted by molar-refractivity contribution is 8.26. The Kier molecular flexibility index (Phi) is 5.67. The van der Waals surface area contributed by atoms with E-state index in [1.165, 1.54) is 4.90 Å². The molecule has 1 aliphatic heterocycles. The zero-order chi connectivity index (χ0) is 19.6. The number of amides is 1. The van der Waals surface area contributed by atoms with E-state index >= 15 is 0 Å². The predicted octanol–water partition coefficient (Wildman–Crippen LogP) is 4.31. The maximum Gasteiger partial charge on any atom is 0.305 e. The molecule has 0 saturated carbocycles. The zero-order valence-corrected chi connectivity index (χ0v) is 15.4. The first-order valence-corrected chi connectivity index (χ1v) is 9.10. The normalized spacial score (nSPS) is 15.6. The standard InChI is InChI=1S/C19H13F2NO3S2/c20-13-4-5-15(21)14(10-13)12-3-1-2-11(8-12)9-16-18(25)22(19(26)27-16)7-6-17(23)24/h1-5,8-10H,6-7H2,(H,23,24)/b16-9-. The van der Waals surface area contributed by atoms with E-state index in [9.17, 15) is 18.4 Å². The van der Waals surface area contributed by atoms with Crippen LogP contribution in [0.3, 0.4) is 0 Å². The van der Waals surface area contributed by atoms with Crippen molar-refractivity contribution in [2.24, 2.45) is 0 Å². The summed E-state index contributed by atoms with van der Waals surface area (Å²) in [7, 11) is 0. The molecule has 1 N–H and O–H groups in total. The van der Waals surface area contributed by atoms with Crippen molar-refractivity contribution in [3.63, 3.8) is 0 Å². The lowest BCUT2D eigenvalue weighted by atomic mass is 10.0. The van der Waals surface area contributed by atoms with Gasteiger partial charge in [0.2, 0.25) is 0 Å². The van der Waals surface area contributed by atoms with Crippen LogP contribution in [-0.2, 0) is 9.59 Å². The number of carboxylic acids is 1. The zero-order valence-electron chi connectivity index (χ0n) is 13.8. The average Bonchev–Trinajstić information content (AvgIpc) is 2.88. The van der Waals surface area contributed by atoms with Crippen LogP contribution in [0.1, 0.15) is 12.0 Å². The van der Waals surface area contributed by atoms with Gasteiger partial charge in [-0.1, -0.05) is 42.2 Å². The molecule has 0 atom stereocenters. The SMILES string of the molecule is O=C(O)CCN1C(=O)/C(=C/c2cccc(-c3cc(F)ccc3F)c2)SC1=S. The highest BCUT2D eigenvalue weighted by Gasteiger charge is 2.32. The Morgan fingerprint density at radius 1 is 1.22 bits per heavy atom. The Labute approximate surface area is 163 Å². The number of halogens is 2. The first-order chi connectivity index (χ1) is 12.8. The molecule has 1 saturated heterocycles. The number of thioether (sulfide) groups is 1. The van der Waals surface area contributed by atoms with Gasteiger partial charge in [0.1, 0.15) is 16.0 Å². The van der Waals surface area contributed by atoms with E-state index in [0.29, 0.717) is 20.4 Å². The van der Waals surface area contributed by atoms with Gasteiger partial charge in [0.15, 0.2) is 0 Å². The van der Waals surface area contributed by atoms with Crippen LogP contribution in [0.2, 0.25) is 0 Å². The topological polar surface area (TPSA) is 57.6 Å². The van der Waals surface area contributed by atoms with E-state index in [1.54, 1.807) is 30.3 Å². The minimum atomic E-state index is -1.02. The number of carbonyl (C=O) groups is 2. The monoisotopic (exact) mass is 405 g/mol. The smallest absolute Gasteiger partial charge is 0.305 e. The summed E-state index contributed by atoms with van der Waals surface area (Å²) in [4.78, 5) is 24.7. The summed E-state index contributed by atoms with van der Waals surface area (Å²) in [6, 6.07) is 9.91. The molecular weight excluding hydrogens is 392 g/mol. The van der Waals surface area contributed by atoms with Crippen molar-refractivity contribution in [2.75, 3.05) is 6.54 Å². The van der Waals surface area contributed by atoms with Gasteiger partial charge in [0.25, 0.3) is 5.91 Å². The number of hydrogen-bond donors (Lipinski definition) is 1. The molecule has 0 radical (unpaired) electrons. The number of benzene rings is 2. The lowest BCUT2D eigenvalue weighted by molar-refractivity contribution is -0.137. The van der Waals surface area contributed by atoms with Gasteiger partial charge in [-0.25, -0.2) is 8.78 Å². The molecule has 3 rings (SSSR count). The molecule has 0 spiro atoms. The van der Waals surface area contributed by atoms with Crippen molar-refractivity contribution in [1.29, 1.82) is 0 Å². The summed E-state index contributed by atoms with van der Waals surface area (Å²) in [5.74, 6) is -2.48. The van der Waals surface area contributed by atoms with Crippen molar-refractivity contribution in [3.8, 4) is 11.1 Å². The second kappa shape index (κ2) is 7.98. The Balaban J connectivity index is 1.88. The van der Waals surface area contributed by atoms with Crippen LogP contribution >= 0.6 is 24.0 Å². The quantitative estimate of drug-likeness (QED) is 0.594. The maximum absolute atomic E-state index is 14.0. The van der Waals surface area contributed by atoms with Gasteiger partial charge in [-0.3, -0.25) is 14.5 Å². The Bertz CT molecular complexity index is 975.